The Kier molecular flexibility index (Phi) is 6.31. The predicted molar refractivity (Wildman–Crippen MR) is 120 cm³/mol. The molecule has 1 fully saturated rings. The van der Waals surface area contributed by atoms with Crippen LogP contribution in [0.1, 0.15) is 12.8 Å². The Morgan fingerprint density at radius 3 is 2.87 bits per heavy atom. The topological polar surface area (TPSA) is 82.2 Å². The first-order chi connectivity index (χ1) is 14.5. The molecule has 3 heterocycles. The third kappa shape index (κ3) is 4.80. The maximum absolute atomic E-state index is 14.2. The highest BCUT2D eigenvalue weighted by Gasteiger charge is 2.16. The summed E-state index contributed by atoms with van der Waals surface area (Å²) in [6, 6.07) is 7.80. The summed E-state index contributed by atoms with van der Waals surface area (Å²) in [7, 11) is 1.73. The second kappa shape index (κ2) is 9.11. The summed E-state index contributed by atoms with van der Waals surface area (Å²) in [6.45, 7) is 2.64. The first kappa shape index (κ1) is 20.8. The second-order valence-corrected chi connectivity index (χ2v) is 8.61. The second-order valence-electron chi connectivity index (χ2n) is 7.20. The lowest BCUT2D eigenvalue weighted by Gasteiger charge is -2.22. The lowest BCUT2D eigenvalue weighted by atomic mass is 9.98. The standard InChI is InChI=1S/C20H22ClFN6OS/c1-28(16-4-2-13(21)10-14(16)22)17-5-3-15-18(26-17)30-20(25-15)27-19(29)24-11-12-6-8-23-9-7-12/h2-5,10,12,23H,6-9,11H2,1H3,(H2,24,25,27,29). The van der Waals surface area contributed by atoms with Gasteiger partial charge in [0.2, 0.25) is 0 Å². The number of hydrogen-bond donors (Lipinski definition) is 3. The number of fused-ring (bicyclic) bond motifs is 1. The van der Waals surface area contributed by atoms with E-state index in [1.807, 2.05) is 0 Å². The average Bonchev–Trinajstić information content (AvgIpc) is 3.14. The van der Waals surface area contributed by atoms with Crippen molar-refractivity contribution in [3.63, 3.8) is 0 Å². The highest BCUT2D eigenvalue weighted by Crippen LogP contribution is 2.30. The molecule has 2 aromatic heterocycles. The lowest BCUT2D eigenvalue weighted by Crippen LogP contribution is -2.37. The minimum Gasteiger partial charge on any atom is -0.338 e. The number of amides is 2. The van der Waals surface area contributed by atoms with Crippen LogP contribution in [0.5, 0.6) is 0 Å². The molecule has 0 bridgehead atoms. The van der Waals surface area contributed by atoms with Gasteiger partial charge in [-0.1, -0.05) is 22.9 Å². The Morgan fingerprint density at radius 1 is 1.30 bits per heavy atom. The molecule has 1 saturated heterocycles. The van der Waals surface area contributed by atoms with Crippen molar-refractivity contribution in [1.29, 1.82) is 0 Å². The van der Waals surface area contributed by atoms with Crippen LogP contribution in [0.3, 0.4) is 0 Å². The molecule has 1 aromatic carbocycles. The van der Waals surface area contributed by atoms with Gasteiger partial charge in [0.1, 0.15) is 22.0 Å². The zero-order valence-corrected chi connectivity index (χ0v) is 18.0. The maximum Gasteiger partial charge on any atom is 0.321 e. The van der Waals surface area contributed by atoms with Gasteiger partial charge in [-0.3, -0.25) is 5.32 Å². The summed E-state index contributed by atoms with van der Waals surface area (Å²) in [4.78, 5) is 23.5. The zero-order valence-electron chi connectivity index (χ0n) is 16.4. The number of benzene rings is 1. The Morgan fingerprint density at radius 2 is 2.10 bits per heavy atom. The number of anilines is 3. The van der Waals surface area contributed by atoms with Crippen molar-refractivity contribution in [1.82, 2.24) is 20.6 Å². The number of carbonyl (C=O) groups excluding carboxylic acids is 1. The maximum atomic E-state index is 14.2. The quantitative estimate of drug-likeness (QED) is 0.539. The molecule has 7 nitrogen and oxygen atoms in total. The molecule has 0 radical (unpaired) electrons. The molecule has 0 atom stereocenters. The van der Waals surface area contributed by atoms with Gasteiger partial charge in [-0.15, -0.1) is 0 Å². The summed E-state index contributed by atoms with van der Waals surface area (Å²) in [6.07, 6.45) is 2.13. The Hall–Kier alpha value is -2.49. The summed E-state index contributed by atoms with van der Waals surface area (Å²) >= 11 is 7.11. The summed E-state index contributed by atoms with van der Waals surface area (Å²) in [5, 5.41) is 9.81. The molecule has 3 N–H and O–H groups in total. The van der Waals surface area contributed by atoms with E-state index < -0.39 is 5.82 Å². The normalized spacial score (nSPS) is 14.6. The molecule has 2 amide bonds. The molecule has 0 aliphatic carbocycles. The van der Waals surface area contributed by atoms with Gasteiger partial charge < -0.3 is 15.5 Å². The number of thiazole rings is 1. The van der Waals surface area contributed by atoms with E-state index in [-0.39, 0.29) is 6.03 Å². The van der Waals surface area contributed by atoms with E-state index in [4.69, 9.17) is 11.6 Å². The van der Waals surface area contributed by atoms with Crippen LogP contribution in [-0.2, 0) is 0 Å². The number of aromatic nitrogens is 2. The van der Waals surface area contributed by atoms with Gasteiger partial charge in [-0.25, -0.2) is 19.2 Å². The molecule has 1 aliphatic rings. The van der Waals surface area contributed by atoms with Crippen LogP contribution < -0.4 is 20.9 Å². The van der Waals surface area contributed by atoms with Crippen LogP contribution in [0.4, 0.5) is 25.8 Å². The number of pyridine rings is 1. The number of nitrogens with zero attached hydrogens (tertiary/aromatic N) is 3. The van der Waals surface area contributed by atoms with E-state index in [1.165, 1.54) is 17.4 Å². The molecule has 0 spiro atoms. The molecular weight excluding hydrogens is 427 g/mol. The monoisotopic (exact) mass is 448 g/mol. The molecule has 10 heteroatoms. The predicted octanol–water partition coefficient (Wildman–Crippen LogP) is 4.37. The Labute approximate surface area is 182 Å². The minimum absolute atomic E-state index is 0.270. The molecule has 3 aromatic rings. The van der Waals surface area contributed by atoms with Crippen LogP contribution in [-0.4, -0.2) is 42.7 Å². The third-order valence-corrected chi connectivity index (χ3v) is 6.20. The lowest BCUT2D eigenvalue weighted by molar-refractivity contribution is 0.248. The number of rotatable bonds is 5. The summed E-state index contributed by atoms with van der Waals surface area (Å²) in [5.41, 5.74) is 1.04. The molecule has 158 valence electrons. The van der Waals surface area contributed by atoms with Crippen molar-refractivity contribution >= 4 is 56.0 Å². The summed E-state index contributed by atoms with van der Waals surface area (Å²) < 4.78 is 14.2. The van der Waals surface area contributed by atoms with Crippen LogP contribution in [0.25, 0.3) is 10.3 Å². The molecule has 30 heavy (non-hydrogen) atoms. The van der Waals surface area contributed by atoms with E-state index in [9.17, 15) is 9.18 Å². The fraction of sp³-hybridized carbons (Fsp3) is 0.350. The number of urea groups is 1. The van der Waals surface area contributed by atoms with Crippen LogP contribution in [0.2, 0.25) is 5.02 Å². The fourth-order valence-electron chi connectivity index (χ4n) is 3.39. The van der Waals surface area contributed by atoms with Crippen molar-refractivity contribution in [2.45, 2.75) is 12.8 Å². The van der Waals surface area contributed by atoms with Crippen molar-refractivity contribution in [3.8, 4) is 0 Å². The number of piperidine rings is 1. The van der Waals surface area contributed by atoms with E-state index in [2.05, 4.69) is 25.9 Å². The highest BCUT2D eigenvalue weighted by atomic mass is 35.5. The Balaban J connectivity index is 1.43. The average molecular weight is 449 g/mol. The third-order valence-electron chi connectivity index (χ3n) is 5.09. The van der Waals surface area contributed by atoms with Crippen LogP contribution in [0.15, 0.2) is 30.3 Å². The number of halogens is 2. The van der Waals surface area contributed by atoms with Crippen molar-refractivity contribution in [2.24, 2.45) is 5.92 Å². The van der Waals surface area contributed by atoms with E-state index >= 15 is 0 Å². The SMILES string of the molecule is CN(c1ccc2nc(NC(=O)NCC3CCNCC3)sc2n1)c1ccc(Cl)cc1F. The van der Waals surface area contributed by atoms with Gasteiger partial charge in [0.15, 0.2) is 5.13 Å². The Bertz CT molecular complexity index is 1050. The van der Waals surface area contributed by atoms with Crippen LogP contribution >= 0.6 is 22.9 Å². The molecule has 4 rings (SSSR count). The zero-order chi connectivity index (χ0) is 21.1. The number of carbonyl (C=O) groups is 1. The molecule has 0 unspecified atom stereocenters. The minimum atomic E-state index is -0.427. The van der Waals surface area contributed by atoms with Gasteiger partial charge in [0, 0.05) is 18.6 Å². The van der Waals surface area contributed by atoms with Gasteiger partial charge in [0.25, 0.3) is 0 Å². The van der Waals surface area contributed by atoms with Crippen LogP contribution in [0, 0.1) is 11.7 Å². The van der Waals surface area contributed by atoms with Gasteiger partial charge >= 0.3 is 6.03 Å². The van der Waals surface area contributed by atoms with Crippen molar-refractivity contribution < 1.29 is 9.18 Å². The molecular formula is C20H22ClFN6OS. The number of nitrogens with one attached hydrogen (secondary N) is 3. The van der Waals surface area contributed by atoms with E-state index in [0.717, 1.165) is 25.9 Å². The molecule has 0 saturated carbocycles. The van der Waals surface area contributed by atoms with Gasteiger partial charge in [-0.2, -0.15) is 0 Å². The fourth-order valence-corrected chi connectivity index (χ4v) is 4.38. The van der Waals surface area contributed by atoms with Crippen molar-refractivity contribution in [2.75, 3.05) is 36.9 Å². The smallest absolute Gasteiger partial charge is 0.321 e. The van der Waals surface area contributed by atoms with Gasteiger partial charge in [-0.05, 0) is 62.2 Å². The van der Waals surface area contributed by atoms with Crippen molar-refractivity contribution in [3.05, 3.63) is 41.2 Å². The highest BCUT2D eigenvalue weighted by molar-refractivity contribution is 7.22. The molecule has 1 aliphatic heterocycles. The number of hydrogen-bond acceptors (Lipinski definition) is 6. The van der Waals surface area contributed by atoms with Gasteiger partial charge in [0.05, 0.1) is 5.69 Å². The van der Waals surface area contributed by atoms with E-state index in [1.54, 1.807) is 36.2 Å². The van der Waals surface area contributed by atoms with E-state index in [0.29, 0.717) is 44.5 Å². The first-order valence-electron chi connectivity index (χ1n) is 9.71. The largest absolute Gasteiger partial charge is 0.338 e. The summed E-state index contributed by atoms with van der Waals surface area (Å²) in [5.74, 6) is 0.638. The first-order valence-corrected chi connectivity index (χ1v) is 10.9.